The van der Waals surface area contributed by atoms with Gasteiger partial charge in [-0.2, -0.15) is 0 Å². The van der Waals surface area contributed by atoms with Gasteiger partial charge in [0.25, 0.3) is 0 Å². The van der Waals surface area contributed by atoms with Crippen LogP contribution >= 0.6 is 0 Å². The van der Waals surface area contributed by atoms with Crippen LogP contribution in [-0.4, -0.2) is 29.9 Å². The molecule has 0 aromatic carbocycles. The van der Waals surface area contributed by atoms with Crippen LogP contribution in [0.3, 0.4) is 0 Å². The van der Waals surface area contributed by atoms with Crippen molar-refractivity contribution in [3.05, 3.63) is 0 Å². The van der Waals surface area contributed by atoms with Crippen molar-refractivity contribution in [2.45, 2.75) is 72.3 Å². The van der Waals surface area contributed by atoms with Crippen LogP contribution in [0.4, 0.5) is 0 Å². The standard InChI is InChI=1S/C16H33N3/c1-13(2)9-11-19(14-7-5-6-8-14)12-10-16(3,4)15(17)18/h13-14H,5-12H2,1-4H3,(H3,17,18). The highest BCUT2D eigenvalue weighted by atomic mass is 15.2. The van der Waals surface area contributed by atoms with Crippen LogP contribution in [0.25, 0.3) is 0 Å². The zero-order chi connectivity index (χ0) is 14.5. The van der Waals surface area contributed by atoms with E-state index in [1.165, 1.54) is 38.6 Å². The molecular formula is C16H33N3. The molecule has 0 amide bonds. The molecule has 0 atom stereocenters. The maximum absolute atomic E-state index is 7.68. The lowest BCUT2D eigenvalue weighted by atomic mass is 9.87. The molecule has 1 aliphatic carbocycles. The third kappa shape index (κ3) is 5.52. The van der Waals surface area contributed by atoms with Crippen molar-refractivity contribution < 1.29 is 0 Å². The van der Waals surface area contributed by atoms with Crippen molar-refractivity contribution in [1.29, 1.82) is 5.41 Å². The lowest BCUT2D eigenvalue weighted by molar-refractivity contribution is 0.172. The largest absolute Gasteiger partial charge is 0.387 e. The van der Waals surface area contributed by atoms with Gasteiger partial charge < -0.3 is 10.6 Å². The molecule has 0 aliphatic heterocycles. The summed E-state index contributed by atoms with van der Waals surface area (Å²) in [7, 11) is 0. The van der Waals surface area contributed by atoms with Crippen LogP contribution in [0.5, 0.6) is 0 Å². The topological polar surface area (TPSA) is 53.1 Å². The van der Waals surface area contributed by atoms with Crippen LogP contribution in [-0.2, 0) is 0 Å². The first-order chi connectivity index (χ1) is 8.83. The summed E-state index contributed by atoms with van der Waals surface area (Å²) in [6, 6.07) is 0.779. The van der Waals surface area contributed by atoms with E-state index in [0.29, 0.717) is 5.84 Å². The number of hydrogen-bond acceptors (Lipinski definition) is 2. The lowest BCUT2D eigenvalue weighted by Gasteiger charge is -2.33. The molecule has 0 radical (unpaired) electrons. The quantitative estimate of drug-likeness (QED) is 0.521. The fourth-order valence-electron chi connectivity index (χ4n) is 2.73. The van der Waals surface area contributed by atoms with Gasteiger partial charge in [-0.3, -0.25) is 5.41 Å². The van der Waals surface area contributed by atoms with Gasteiger partial charge in [-0.25, -0.2) is 0 Å². The molecule has 0 aromatic rings. The fourth-order valence-corrected chi connectivity index (χ4v) is 2.73. The SMILES string of the molecule is CC(C)CCN(CCC(C)(C)C(=N)N)C1CCCC1. The van der Waals surface area contributed by atoms with Gasteiger partial charge in [-0.05, 0) is 44.7 Å². The van der Waals surface area contributed by atoms with Gasteiger partial charge in [-0.15, -0.1) is 0 Å². The molecule has 0 unspecified atom stereocenters. The lowest BCUT2D eigenvalue weighted by Crippen LogP contribution is -2.40. The summed E-state index contributed by atoms with van der Waals surface area (Å²) in [5.41, 5.74) is 5.54. The minimum atomic E-state index is -0.158. The van der Waals surface area contributed by atoms with Crippen LogP contribution in [0.15, 0.2) is 0 Å². The molecule has 0 heterocycles. The molecule has 1 fully saturated rings. The van der Waals surface area contributed by atoms with Crippen LogP contribution in [0, 0.1) is 16.7 Å². The molecule has 1 rings (SSSR count). The van der Waals surface area contributed by atoms with Crippen molar-refractivity contribution in [3.63, 3.8) is 0 Å². The summed E-state index contributed by atoms with van der Waals surface area (Å²) < 4.78 is 0. The molecule has 19 heavy (non-hydrogen) atoms. The number of hydrogen-bond donors (Lipinski definition) is 2. The first-order valence-corrected chi connectivity index (χ1v) is 7.91. The molecule has 0 bridgehead atoms. The van der Waals surface area contributed by atoms with E-state index < -0.39 is 0 Å². The average molecular weight is 267 g/mol. The van der Waals surface area contributed by atoms with E-state index in [0.717, 1.165) is 24.9 Å². The molecule has 3 N–H and O–H groups in total. The van der Waals surface area contributed by atoms with Crippen LogP contribution in [0.1, 0.15) is 66.2 Å². The Morgan fingerprint density at radius 2 is 1.84 bits per heavy atom. The molecule has 112 valence electrons. The van der Waals surface area contributed by atoms with Crippen LogP contribution < -0.4 is 5.73 Å². The minimum Gasteiger partial charge on any atom is -0.387 e. The molecule has 3 heteroatoms. The van der Waals surface area contributed by atoms with Crippen LogP contribution in [0.2, 0.25) is 0 Å². The Kier molecular flexibility index (Phi) is 6.31. The first-order valence-electron chi connectivity index (χ1n) is 7.91. The van der Waals surface area contributed by atoms with Gasteiger partial charge in [-0.1, -0.05) is 40.5 Å². The zero-order valence-corrected chi connectivity index (χ0v) is 13.3. The van der Waals surface area contributed by atoms with E-state index >= 15 is 0 Å². The Hall–Kier alpha value is -0.570. The summed E-state index contributed by atoms with van der Waals surface area (Å²) in [5.74, 6) is 1.09. The number of nitrogens with one attached hydrogen (secondary N) is 1. The predicted octanol–water partition coefficient (Wildman–Crippen LogP) is 3.63. The van der Waals surface area contributed by atoms with E-state index in [4.69, 9.17) is 11.1 Å². The van der Waals surface area contributed by atoms with Crippen molar-refractivity contribution in [2.75, 3.05) is 13.1 Å². The normalized spacial score (nSPS) is 17.6. The van der Waals surface area contributed by atoms with Crippen molar-refractivity contribution in [3.8, 4) is 0 Å². The molecular weight excluding hydrogens is 234 g/mol. The number of nitrogens with zero attached hydrogens (tertiary/aromatic N) is 1. The molecule has 0 aromatic heterocycles. The number of rotatable bonds is 8. The molecule has 0 saturated heterocycles. The van der Waals surface area contributed by atoms with E-state index in [2.05, 4.69) is 32.6 Å². The number of amidine groups is 1. The van der Waals surface area contributed by atoms with Gasteiger partial charge in [0.1, 0.15) is 0 Å². The second-order valence-corrected chi connectivity index (χ2v) is 7.20. The fraction of sp³-hybridized carbons (Fsp3) is 0.938. The summed E-state index contributed by atoms with van der Waals surface area (Å²) in [6.07, 6.45) is 7.77. The van der Waals surface area contributed by atoms with E-state index in [1.807, 2.05) is 0 Å². The van der Waals surface area contributed by atoms with E-state index in [1.54, 1.807) is 0 Å². The van der Waals surface area contributed by atoms with Crippen molar-refractivity contribution in [1.82, 2.24) is 4.90 Å². The maximum atomic E-state index is 7.68. The summed E-state index contributed by atoms with van der Waals surface area (Å²) in [5, 5.41) is 7.68. The summed E-state index contributed by atoms with van der Waals surface area (Å²) in [6.45, 7) is 11.1. The van der Waals surface area contributed by atoms with Gasteiger partial charge >= 0.3 is 0 Å². The molecule has 1 saturated carbocycles. The second-order valence-electron chi connectivity index (χ2n) is 7.20. The van der Waals surface area contributed by atoms with Gasteiger partial charge in [0.05, 0.1) is 5.84 Å². The third-order valence-electron chi connectivity index (χ3n) is 4.59. The third-order valence-corrected chi connectivity index (χ3v) is 4.59. The van der Waals surface area contributed by atoms with Gasteiger partial charge in [0, 0.05) is 11.5 Å². The summed E-state index contributed by atoms with van der Waals surface area (Å²) >= 11 is 0. The maximum Gasteiger partial charge on any atom is 0.0963 e. The van der Waals surface area contributed by atoms with E-state index in [9.17, 15) is 0 Å². The highest BCUT2D eigenvalue weighted by Gasteiger charge is 2.26. The molecule has 0 spiro atoms. The zero-order valence-electron chi connectivity index (χ0n) is 13.3. The minimum absolute atomic E-state index is 0.158. The Morgan fingerprint density at radius 1 is 1.26 bits per heavy atom. The highest BCUT2D eigenvalue weighted by molar-refractivity contribution is 5.82. The summed E-state index contributed by atoms with van der Waals surface area (Å²) in [4.78, 5) is 2.66. The second kappa shape index (κ2) is 7.28. The van der Waals surface area contributed by atoms with Gasteiger partial charge in [0.15, 0.2) is 0 Å². The highest BCUT2D eigenvalue weighted by Crippen LogP contribution is 2.27. The van der Waals surface area contributed by atoms with Crippen molar-refractivity contribution in [2.24, 2.45) is 17.1 Å². The average Bonchev–Trinajstić information content (AvgIpc) is 2.82. The Labute approximate surface area is 119 Å². The van der Waals surface area contributed by atoms with E-state index in [-0.39, 0.29) is 5.41 Å². The monoisotopic (exact) mass is 267 g/mol. The molecule has 3 nitrogen and oxygen atoms in total. The molecule has 1 aliphatic rings. The Bertz CT molecular complexity index is 278. The van der Waals surface area contributed by atoms with Crippen molar-refractivity contribution >= 4 is 5.84 Å². The Balaban J connectivity index is 2.50. The predicted molar refractivity (Wildman–Crippen MR) is 83.6 cm³/mol. The number of nitrogens with two attached hydrogens (primary N) is 1. The Morgan fingerprint density at radius 3 is 2.32 bits per heavy atom. The first kappa shape index (κ1) is 16.5. The van der Waals surface area contributed by atoms with Gasteiger partial charge in [0.2, 0.25) is 0 Å². The smallest absolute Gasteiger partial charge is 0.0963 e.